The predicted octanol–water partition coefficient (Wildman–Crippen LogP) is 1.87. The number of aryl methyl sites for hydroxylation is 1. The second kappa shape index (κ2) is 7.53. The lowest BCUT2D eigenvalue weighted by Crippen LogP contribution is -2.05. The van der Waals surface area contributed by atoms with Crippen LogP contribution in [0.15, 0.2) is 30.6 Å². The summed E-state index contributed by atoms with van der Waals surface area (Å²) in [5, 5.41) is 2.98. The van der Waals surface area contributed by atoms with Crippen molar-refractivity contribution in [3.05, 3.63) is 47.8 Å². The Morgan fingerprint density at radius 1 is 1.28 bits per heavy atom. The molecule has 0 saturated heterocycles. The molecule has 0 atom stereocenters. The molecule has 2 N–H and O–H groups in total. The summed E-state index contributed by atoms with van der Waals surface area (Å²) in [5.74, 6) is 1.22. The Kier molecular flexibility index (Phi) is 5.65. The van der Waals surface area contributed by atoms with Crippen LogP contribution >= 0.6 is 0 Å². The molecule has 0 saturated carbocycles. The fourth-order valence-corrected chi connectivity index (χ4v) is 2.21. The van der Waals surface area contributed by atoms with E-state index < -0.39 is 10.1 Å². The number of nitrogens with zero attached hydrogens (tertiary/aromatic N) is 4. The van der Waals surface area contributed by atoms with Gasteiger partial charge in [-0.05, 0) is 13.0 Å². The van der Waals surface area contributed by atoms with Crippen LogP contribution in [0.1, 0.15) is 11.4 Å². The van der Waals surface area contributed by atoms with Gasteiger partial charge in [0.05, 0.1) is 12.8 Å². The molecule has 0 radical (unpaired) electrons. The Balaban J connectivity index is 0.000000399. The SMILES string of the molecule is CNc1ncnc2c1nc(C)n2Cc1ccccc1F.CS(=O)(=O)O. The molecule has 8 nitrogen and oxygen atoms in total. The Morgan fingerprint density at radius 2 is 1.92 bits per heavy atom. The van der Waals surface area contributed by atoms with Gasteiger partial charge in [-0.15, -0.1) is 0 Å². The highest BCUT2D eigenvalue weighted by Gasteiger charge is 2.14. The summed E-state index contributed by atoms with van der Waals surface area (Å²) in [4.78, 5) is 12.9. The van der Waals surface area contributed by atoms with Crippen LogP contribution < -0.4 is 5.32 Å². The van der Waals surface area contributed by atoms with Crippen molar-refractivity contribution >= 4 is 27.1 Å². The number of halogens is 1. The number of nitrogens with one attached hydrogen (secondary N) is 1. The van der Waals surface area contributed by atoms with Crippen molar-refractivity contribution in [1.82, 2.24) is 19.5 Å². The van der Waals surface area contributed by atoms with Gasteiger partial charge < -0.3 is 9.88 Å². The zero-order chi connectivity index (χ0) is 18.6. The smallest absolute Gasteiger partial charge is 0.261 e. The molecule has 3 aromatic rings. The first kappa shape index (κ1) is 18.7. The highest BCUT2D eigenvalue weighted by molar-refractivity contribution is 7.85. The largest absolute Gasteiger partial charge is 0.371 e. The molecule has 0 aliphatic carbocycles. The summed E-state index contributed by atoms with van der Waals surface area (Å²) in [7, 11) is -1.88. The van der Waals surface area contributed by atoms with E-state index in [-0.39, 0.29) is 5.82 Å². The third kappa shape index (κ3) is 4.94. The Labute approximate surface area is 144 Å². The average molecular weight is 367 g/mol. The number of anilines is 1. The van der Waals surface area contributed by atoms with Crippen molar-refractivity contribution in [3.8, 4) is 0 Å². The molecule has 1 aromatic carbocycles. The summed E-state index contributed by atoms with van der Waals surface area (Å²) in [6, 6.07) is 6.72. The van der Waals surface area contributed by atoms with Gasteiger partial charge in [0.1, 0.15) is 18.0 Å². The molecule has 25 heavy (non-hydrogen) atoms. The second-order valence-corrected chi connectivity index (χ2v) is 6.68. The molecule has 2 aromatic heterocycles. The normalized spacial score (nSPS) is 11.1. The van der Waals surface area contributed by atoms with E-state index in [1.54, 1.807) is 19.2 Å². The van der Waals surface area contributed by atoms with Gasteiger partial charge in [0.25, 0.3) is 10.1 Å². The number of hydrogen-bond donors (Lipinski definition) is 2. The summed E-state index contributed by atoms with van der Waals surface area (Å²) in [6.45, 7) is 2.27. The third-order valence-electron chi connectivity index (χ3n) is 3.25. The molecule has 3 rings (SSSR count). The number of aromatic nitrogens is 4. The molecule has 0 bridgehead atoms. The quantitative estimate of drug-likeness (QED) is 0.680. The van der Waals surface area contributed by atoms with Crippen molar-refractivity contribution < 1.29 is 17.4 Å². The van der Waals surface area contributed by atoms with Crippen molar-refractivity contribution in [2.45, 2.75) is 13.5 Å². The maximum absolute atomic E-state index is 13.8. The molecule has 0 spiro atoms. The van der Waals surface area contributed by atoms with E-state index >= 15 is 0 Å². The van der Waals surface area contributed by atoms with E-state index in [1.807, 2.05) is 17.6 Å². The Bertz CT molecular complexity index is 980. The van der Waals surface area contributed by atoms with Crippen LogP contribution in [-0.2, 0) is 16.7 Å². The van der Waals surface area contributed by atoms with Gasteiger partial charge in [0.2, 0.25) is 0 Å². The minimum atomic E-state index is -3.67. The third-order valence-corrected chi connectivity index (χ3v) is 3.25. The van der Waals surface area contributed by atoms with Crippen LogP contribution in [0, 0.1) is 12.7 Å². The molecular formula is C15H18FN5O3S. The first-order chi connectivity index (χ1) is 11.7. The summed E-state index contributed by atoms with van der Waals surface area (Å²) in [5.41, 5.74) is 2.01. The van der Waals surface area contributed by atoms with E-state index in [0.29, 0.717) is 35.3 Å². The van der Waals surface area contributed by atoms with Gasteiger partial charge in [-0.2, -0.15) is 8.42 Å². The molecule has 0 aliphatic rings. The van der Waals surface area contributed by atoms with Crippen molar-refractivity contribution in [2.75, 3.05) is 18.6 Å². The summed E-state index contributed by atoms with van der Waals surface area (Å²) in [6.07, 6.45) is 2.19. The number of fused-ring (bicyclic) bond motifs is 1. The summed E-state index contributed by atoms with van der Waals surface area (Å²) >= 11 is 0. The molecule has 2 heterocycles. The minimum Gasteiger partial charge on any atom is -0.371 e. The van der Waals surface area contributed by atoms with Crippen LogP contribution in [0.25, 0.3) is 11.2 Å². The first-order valence-electron chi connectivity index (χ1n) is 7.22. The van der Waals surface area contributed by atoms with Gasteiger partial charge in [0, 0.05) is 12.6 Å². The number of rotatable bonds is 3. The van der Waals surface area contributed by atoms with E-state index in [2.05, 4.69) is 20.3 Å². The standard InChI is InChI=1S/C14H14FN5.CH4O3S/c1-9-19-12-13(16-2)17-8-18-14(12)20(9)7-10-5-3-4-6-11(10)15;1-5(2,3)4/h3-6,8H,7H2,1-2H3,(H,16,17,18);1H3,(H,2,3,4). The monoisotopic (exact) mass is 367 g/mol. The van der Waals surface area contributed by atoms with Gasteiger partial charge >= 0.3 is 0 Å². The minimum absolute atomic E-state index is 0.225. The van der Waals surface area contributed by atoms with Gasteiger partial charge in [0.15, 0.2) is 17.0 Å². The van der Waals surface area contributed by atoms with E-state index in [1.165, 1.54) is 12.4 Å². The van der Waals surface area contributed by atoms with Crippen molar-refractivity contribution in [2.24, 2.45) is 0 Å². The molecular weight excluding hydrogens is 349 g/mol. The maximum Gasteiger partial charge on any atom is 0.261 e. The van der Waals surface area contributed by atoms with E-state index in [4.69, 9.17) is 4.55 Å². The second-order valence-electron chi connectivity index (χ2n) is 5.21. The lowest BCUT2D eigenvalue weighted by atomic mass is 10.2. The first-order valence-corrected chi connectivity index (χ1v) is 9.07. The van der Waals surface area contributed by atoms with Crippen molar-refractivity contribution in [1.29, 1.82) is 0 Å². The lowest BCUT2D eigenvalue weighted by molar-refractivity contribution is 0.490. The number of benzene rings is 1. The fourth-order valence-electron chi connectivity index (χ4n) is 2.21. The average Bonchev–Trinajstić information content (AvgIpc) is 2.84. The molecule has 0 amide bonds. The molecule has 134 valence electrons. The van der Waals surface area contributed by atoms with Gasteiger partial charge in [-0.3, -0.25) is 4.55 Å². The molecule has 0 unspecified atom stereocenters. The zero-order valence-corrected chi connectivity index (χ0v) is 14.7. The van der Waals surface area contributed by atoms with Crippen LogP contribution in [-0.4, -0.2) is 45.8 Å². The maximum atomic E-state index is 13.8. The van der Waals surface area contributed by atoms with Crippen LogP contribution in [0.4, 0.5) is 10.2 Å². The Hall–Kier alpha value is -2.59. The van der Waals surface area contributed by atoms with Crippen molar-refractivity contribution in [3.63, 3.8) is 0 Å². The number of imidazole rings is 1. The summed E-state index contributed by atoms with van der Waals surface area (Å²) < 4.78 is 41.5. The van der Waals surface area contributed by atoms with E-state index in [9.17, 15) is 12.8 Å². The zero-order valence-electron chi connectivity index (χ0n) is 13.9. The van der Waals surface area contributed by atoms with Crippen LogP contribution in [0.2, 0.25) is 0 Å². The molecule has 0 aliphatic heterocycles. The highest BCUT2D eigenvalue weighted by Crippen LogP contribution is 2.21. The Morgan fingerprint density at radius 3 is 2.52 bits per heavy atom. The fraction of sp³-hybridized carbons (Fsp3) is 0.267. The predicted molar refractivity (Wildman–Crippen MR) is 92.6 cm³/mol. The van der Waals surface area contributed by atoms with Gasteiger partial charge in [-0.1, -0.05) is 18.2 Å². The molecule has 10 heteroatoms. The highest BCUT2D eigenvalue weighted by atomic mass is 32.2. The van der Waals surface area contributed by atoms with Crippen LogP contribution in [0.3, 0.4) is 0 Å². The number of hydrogen-bond acceptors (Lipinski definition) is 6. The van der Waals surface area contributed by atoms with E-state index in [0.717, 1.165) is 5.82 Å². The van der Waals surface area contributed by atoms with Crippen LogP contribution in [0.5, 0.6) is 0 Å². The topological polar surface area (TPSA) is 110 Å². The lowest BCUT2D eigenvalue weighted by Gasteiger charge is -2.07. The molecule has 0 fully saturated rings. The van der Waals surface area contributed by atoms with Gasteiger partial charge in [-0.25, -0.2) is 19.3 Å².